The molecule has 120 valence electrons. The van der Waals surface area contributed by atoms with Crippen LogP contribution in [0.15, 0.2) is 59.5 Å². The first-order chi connectivity index (χ1) is 11.7. The van der Waals surface area contributed by atoms with Gasteiger partial charge in [0.15, 0.2) is 0 Å². The van der Waals surface area contributed by atoms with Crippen molar-refractivity contribution in [2.45, 2.75) is 19.8 Å². The molecule has 0 aliphatic heterocycles. The molecule has 0 saturated carbocycles. The number of para-hydroxylation sites is 2. The van der Waals surface area contributed by atoms with Crippen LogP contribution >= 0.6 is 0 Å². The van der Waals surface area contributed by atoms with E-state index in [1.54, 1.807) is 17.3 Å². The summed E-state index contributed by atoms with van der Waals surface area (Å²) in [5.41, 5.74) is 7.51. The number of nitrogens with one attached hydrogen (secondary N) is 1. The van der Waals surface area contributed by atoms with Crippen molar-refractivity contribution in [3.63, 3.8) is 0 Å². The van der Waals surface area contributed by atoms with Crippen LogP contribution in [0.2, 0.25) is 0 Å². The van der Waals surface area contributed by atoms with Crippen LogP contribution < -0.4 is 5.43 Å². The first-order valence-electron chi connectivity index (χ1n) is 7.95. The maximum absolute atomic E-state index is 12.4. The minimum Gasteiger partial charge on any atom is -0.464 e. The Morgan fingerprint density at radius 3 is 3.00 bits per heavy atom. The molecule has 0 atom stereocenters. The summed E-state index contributed by atoms with van der Waals surface area (Å²) in [6.45, 7) is 2.11. The molecule has 4 rings (SSSR count). The van der Waals surface area contributed by atoms with Gasteiger partial charge in [0, 0.05) is 10.9 Å². The number of aryl methyl sites for hydroxylation is 1. The second-order valence-corrected chi connectivity index (χ2v) is 5.76. The van der Waals surface area contributed by atoms with Crippen LogP contribution in [0.25, 0.3) is 22.0 Å². The van der Waals surface area contributed by atoms with E-state index in [1.165, 1.54) is 5.56 Å². The van der Waals surface area contributed by atoms with E-state index in [2.05, 4.69) is 23.4 Å². The molecule has 1 amide bonds. The smallest absolute Gasteiger partial charge is 0.243 e. The van der Waals surface area contributed by atoms with Gasteiger partial charge in [0.1, 0.15) is 11.9 Å². The number of nitrogens with zero attached hydrogens (tertiary/aromatic N) is 2. The molecule has 5 nitrogen and oxygen atoms in total. The van der Waals surface area contributed by atoms with E-state index >= 15 is 0 Å². The molecule has 1 N–H and O–H groups in total. The fourth-order valence-corrected chi connectivity index (χ4v) is 2.88. The summed E-state index contributed by atoms with van der Waals surface area (Å²) >= 11 is 0. The van der Waals surface area contributed by atoms with Crippen LogP contribution in [-0.4, -0.2) is 15.6 Å². The highest BCUT2D eigenvalue weighted by atomic mass is 16.3. The van der Waals surface area contributed by atoms with Crippen molar-refractivity contribution in [3.8, 4) is 0 Å². The van der Waals surface area contributed by atoms with Gasteiger partial charge >= 0.3 is 0 Å². The largest absolute Gasteiger partial charge is 0.464 e. The van der Waals surface area contributed by atoms with Crippen LogP contribution in [-0.2, 0) is 17.6 Å². The lowest BCUT2D eigenvalue weighted by Crippen LogP contribution is -2.23. The van der Waals surface area contributed by atoms with E-state index in [1.807, 2.05) is 36.4 Å². The average molecular weight is 319 g/mol. The number of carbonyl (C=O) groups is 1. The van der Waals surface area contributed by atoms with E-state index in [4.69, 9.17) is 4.42 Å². The average Bonchev–Trinajstić information content (AvgIpc) is 3.19. The number of carbonyl (C=O) groups excluding carboxylic acids is 1. The molecule has 0 fully saturated rings. The van der Waals surface area contributed by atoms with Gasteiger partial charge in [-0.15, -0.1) is 0 Å². The number of fused-ring (bicyclic) bond motifs is 2. The molecule has 0 unspecified atom stereocenters. The van der Waals surface area contributed by atoms with Crippen LogP contribution in [0.1, 0.15) is 18.1 Å². The molecule has 0 spiro atoms. The third-order valence-corrected chi connectivity index (χ3v) is 4.18. The van der Waals surface area contributed by atoms with Crippen molar-refractivity contribution < 1.29 is 9.21 Å². The van der Waals surface area contributed by atoms with Crippen LogP contribution in [0.3, 0.4) is 0 Å². The highest BCUT2D eigenvalue weighted by Crippen LogP contribution is 2.23. The third kappa shape index (κ3) is 2.54. The Balaban J connectivity index is 1.56. The maximum Gasteiger partial charge on any atom is 0.243 e. The lowest BCUT2D eigenvalue weighted by atomic mass is 10.1. The van der Waals surface area contributed by atoms with Gasteiger partial charge in [-0.05, 0) is 30.2 Å². The van der Waals surface area contributed by atoms with Crippen molar-refractivity contribution in [1.82, 2.24) is 9.66 Å². The Morgan fingerprint density at radius 2 is 2.12 bits per heavy atom. The predicted molar refractivity (Wildman–Crippen MR) is 93.4 cm³/mol. The number of rotatable bonds is 4. The summed E-state index contributed by atoms with van der Waals surface area (Å²) in [6, 6.07) is 13.8. The highest BCUT2D eigenvalue weighted by molar-refractivity contribution is 5.92. The second-order valence-electron chi connectivity index (χ2n) is 5.76. The Hall–Kier alpha value is -3.08. The van der Waals surface area contributed by atoms with Crippen LogP contribution in [0, 0.1) is 0 Å². The Kier molecular flexibility index (Phi) is 3.54. The summed E-state index contributed by atoms with van der Waals surface area (Å²) in [5.74, 6) is -0.111. The molecule has 2 heterocycles. The third-order valence-electron chi connectivity index (χ3n) is 4.18. The SMILES string of the molecule is CCc1ccc2c(CC(=O)Nn3cnc4ccccc43)coc2c1. The fraction of sp³-hybridized carbons (Fsp3) is 0.158. The van der Waals surface area contributed by atoms with E-state index in [-0.39, 0.29) is 12.3 Å². The Labute approximate surface area is 138 Å². The summed E-state index contributed by atoms with van der Waals surface area (Å²) in [5, 5.41) is 0.984. The standard InChI is InChI=1S/C19H17N3O2/c1-2-13-7-8-15-14(11-24-18(15)9-13)10-19(23)21-22-12-20-16-5-3-4-6-17(16)22/h3-9,11-12H,2,10H2,1H3,(H,21,23). The number of aromatic nitrogens is 2. The van der Waals surface area contributed by atoms with Crippen molar-refractivity contribution >= 4 is 27.9 Å². The molecule has 0 aliphatic carbocycles. The van der Waals surface area contributed by atoms with Crippen molar-refractivity contribution in [2.75, 3.05) is 5.43 Å². The Bertz CT molecular complexity index is 1030. The van der Waals surface area contributed by atoms with Gasteiger partial charge in [-0.2, -0.15) is 0 Å². The van der Waals surface area contributed by atoms with Crippen molar-refractivity contribution in [3.05, 3.63) is 66.2 Å². The normalized spacial score (nSPS) is 11.2. The van der Waals surface area contributed by atoms with Gasteiger partial charge in [-0.25, -0.2) is 9.66 Å². The molecule has 5 heteroatoms. The molecule has 0 bridgehead atoms. The molecule has 4 aromatic rings. The number of benzene rings is 2. The zero-order valence-electron chi connectivity index (χ0n) is 13.3. The van der Waals surface area contributed by atoms with Gasteiger partial charge in [-0.1, -0.05) is 31.2 Å². The lowest BCUT2D eigenvalue weighted by Gasteiger charge is -2.06. The van der Waals surface area contributed by atoms with E-state index in [0.717, 1.165) is 34.0 Å². The molecule has 0 saturated heterocycles. The van der Waals surface area contributed by atoms with Crippen molar-refractivity contribution in [2.24, 2.45) is 0 Å². The zero-order chi connectivity index (χ0) is 16.5. The van der Waals surface area contributed by atoms with Crippen LogP contribution in [0.5, 0.6) is 0 Å². The number of furan rings is 1. The van der Waals surface area contributed by atoms with E-state index < -0.39 is 0 Å². The summed E-state index contributed by atoms with van der Waals surface area (Å²) in [7, 11) is 0. The monoisotopic (exact) mass is 319 g/mol. The van der Waals surface area contributed by atoms with Gasteiger partial charge in [0.05, 0.1) is 23.7 Å². The summed E-state index contributed by atoms with van der Waals surface area (Å²) in [4.78, 5) is 16.7. The molecule has 2 aromatic carbocycles. The highest BCUT2D eigenvalue weighted by Gasteiger charge is 2.12. The van der Waals surface area contributed by atoms with E-state index in [9.17, 15) is 4.79 Å². The quantitative estimate of drug-likeness (QED) is 0.624. The molecular weight excluding hydrogens is 302 g/mol. The van der Waals surface area contributed by atoms with Gasteiger partial charge in [-0.3, -0.25) is 10.2 Å². The van der Waals surface area contributed by atoms with Crippen molar-refractivity contribution in [1.29, 1.82) is 0 Å². The lowest BCUT2D eigenvalue weighted by molar-refractivity contribution is -0.116. The minimum atomic E-state index is -0.111. The first-order valence-corrected chi connectivity index (χ1v) is 7.95. The van der Waals surface area contributed by atoms with Gasteiger partial charge in [0.25, 0.3) is 0 Å². The summed E-state index contributed by atoms with van der Waals surface area (Å²) < 4.78 is 7.25. The first kappa shape index (κ1) is 14.5. The molecule has 0 aliphatic rings. The molecule has 0 radical (unpaired) electrons. The topological polar surface area (TPSA) is 60.1 Å². The molecule has 24 heavy (non-hydrogen) atoms. The Morgan fingerprint density at radius 1 is 1.25 bits per heavy atom. The number of hydrogen-bond donors (Lipinski definition) is 1. The molecular formula is C19H17N3O2. The number of imidazole rings is 1. The maximum atomic E-state index is 12.4. The van der Waals surface area contributed by atoms with Gasteiger partial charge < -0.3 is 4.42 Å². The number of hydrogen-bond acceptors (Lipinski definition) is 3. The van der Waals surface area contributed by atoms with Gasteiger partial charge in [0.2, 0.25) is 5.91 Å². The fourth-order valence-electron chi connectivity index (χ4n) is 2.88. The second kappa shape index (κ2) is 5.85. The molecule has 2 aromatic heterocycles. The predicted octanol–water partition coefficient (Wildman–Crippen LogP) is 3.66. The minimum absolute atomic E-state index is 0.111. The van der Waals surface area contributed by atoms with Crippen LogP contribution in [0.4, 0.5) is 0 Å². The number of amides is 1. The summed E-state index contributed by atoms with van der Waals surface area (Å²) in [6.07, 6.45) is 4.49. The zero-order valence-corrected chi connectivity index (χ0v) is 13.3. The van der Waals surface area contributed by atoms with E-state index in [0.29, 0.717) is 0 Å².